The Balaban J connectivity index is 2.32. The molecule has 2 N–H and O–H groups in total. The van der Waals surface area contributed by atoms with E-state index < -0.39 is 0 Å². The van der Waals surface area contributed by atoms with E-state index in [1.807, 2.05) is 0 Å². The molecule has 0 unspecified atom stereocenters. The number of oxime groups is 1. The van der Waals surface area contributed by atoms with Crippen molar-refractivity contribution in [1.82, 2.24) is 4.98 Å². The summed E-state index contributed by atoms with van der Waals surface area (Å²) in [4.78, 5) is 3.37. The lowest BCUT2D eigenvalue weighted by Crippen LogP contribution is -2.10. The number of nitrogens with zero attached hydrogens (tertiary/aromatic N) is 1. The van der Waals surface area contributed by atoms with Gasteiger partial charge < -0.3 is 10.2 Å². The van der Waals surface area contributed by atoms with E-state index >= 15 is 0 Å². The topological polar surface area (TPSA) is 48.4 Å². The highest BCUT2D eigenvalue weighted by Gasteiger charge is 2.20. The van der Waals surface area contributed by atoms with E-state index in [9.17, 15) is 0 Å². The van der Waals surface area contributed by atoms with Crippen molar-refractivity contribution in [2.75, 3.05) is 0 Å². The lowest BCUT2D eigenvalue weighted by atomic mass is 9.94. The van der Waals surface area contributed by atoms with Crippen molar-refractivity contribution in [1.29, 1.82) is 0 Å². The summed E-state index contributed by atoms with van der Waals surface area (Å²) < 4.78 is 0. The van der Waals surface area contributed by atoms with Gasteiger partial charge in [0.25, 0.3) is 0 Å². The van der Waals surface area contributed by atoms with Crippen LogP contribution in [-0.2, 0) is 6.42 Å². The van der Waals surface area contributed by atoms with Crippen LogP contribution in [0.15, 0.2) is 23.4 Å². The molecule has 1 aromatic carbocycles. The Labute approximate surface area is 93.8 Å². The zero-order chi connectivity index (χ0) is 11.1. The first-order chi connectivity index (χ1) is 7.79. The molecule has 1 aliphatic carbocycles. The summed E-state index contributed by atoms with van der Waals surface area (Å²) >= 11 is 0. The molecule has 3 rings (SSSR count). The number of hydrogen-bond donors (Lipinski definition) is 2. The average molecular weight is 214 g/mol. The fourth-order valence-corrected chi connectivity index (χ4v) is 2.53. The van der Waals surface area contributed by atoms with E-state index in [-0.39, 0.29) is 0 Å². The molecule has 3 heteroatoms. The lowest BCUT2D eigenvalue weighted by molar-refractivity contribution is 0.317. The lowest BCUT2D eigenvalue weighted by Gasteiger charge is -2.12. The standard InChI is InChI=1S/C13H14N2O/c1-8-5-6-9-10-3-2-4-11(15-16)13(10)14-12(9)7-8/h5-7,14,16H,2-4H2,1H3. The number of aromatic nitrogens is 1. The van der Waals surface area contributed by atoms with Gasteiger partial charge in [-0.3, -0.25) is 0 Å². The number of benzene rings is 1. The van der Waals surface area contributed by atoms with Crippen molar-refractivity contribution in [2.45, 2.75) is 26.2 Å². The maximum absolute atomic E-state index is 8.99. The second-order valence-corrected chi connectivity index (χ2v) is 4.43. The molecule has 0 amide bonds. The van der Waals surface area contributed by atoms with Gasteiger partial charge in [0.05, 0.1) is 5.69 Å². The van der Waals surface area contributed by atoms with Crippen LogP contribution in [0, 0.1) is 6.92 Å². The van der Waals surface area contributed by atoms with Gasteiger partial charge in [-0.1, -0.05) is 17.3 Å². The van der Waals surface area contributed by atoms with Gasteiger partial charge in [-0.25, -0.2) is 0 Å². The quantitative estimate of drug-likeness (QED) is 0.514. The molecule has 0 saturated carbocycles. The van der Waals surface area contributed by atoms with Crippen LogP contribution in [0.1, 0.15) is 29.7 Å². The smallest absolute Gasteiger partial charge is 0.103 e. The molecule has 1 aliphatic rings. The molecule has 82 valence electrons. The van der Waals surface area contributed by atoms with Crippen LogP contribution in [0.2, 0.25) is 0 Å². The number of nitrogens with one attached hydrogen (secondary N) is 1. The number of hydrogen-bond acceptors (Lipinski definition) is 2. The molecule has 0 aliphatic heterocycles. The molecule has 0 fully saturated rings. The van der Waals surface area contributed by atoms with Crippen molar-refractivity contribution in [3.05, 3.63) is 35.0 Å². The Kier molecular flexibility index (Phi) is 1.99. The number of aryl methyl sites for hydroxylation is 2. The van der Waals surface area contributed by atoms with Crippen LogP contribution in [0.4, 0.5) is 0 Å². The number of rotatable bonds is 0. The first-order valence-corrected chi connectivity index (χ1v) is 5.62. The van der Waals surface area contributed by atoms with Crippen molar-refractivity contribution in [3.63, 3.8) is 0 Å². The van der Waals surface area contributed by atoms with Crippen LogP contribution >= 0.6 is 0 Å². The minimum Gasteiger partial charge on any atom is -0.411 e. The molecule has 0 saturated heterocycles. The van der Waals surface area contributed by atoms with Crippen molar-refractivity contribution in [3.8, 4) is 0 Å². The summed E-state index contributed by atoms with van der Waals surface area (Å²) in [5, 5.41) is 13.6. The molecule has 0 radical (unpaired) electrons. The molecule has 0 atom stereocenters. The monoisotopic (exact) mass is 214 g/mol. The van der Waals surface area contributed by atoms with Crippen LogP contribution in [0.25, 0.3) is 10.9 Å². The van der Waals surface area contributed by atoms with Crippen LogP contribution in [0.5, 0.6) is 0 Å². The van der Waals surface area contributed by atoms with E-state index in [1.165, 1.54) is 16.5 Å². The molecule has 1 aromatic heterocycles. The van der Waals surface area contributed by atoms with E-state index in [1.54, 1.807) is 0 Å². The Hall–Kier alpha value is -1.77. The van der Waals surface area contributed by atoms with Crippen molar-refractivity contribution < 1.29 is 5.21 Å². The first kappa shape index (κ1) is 9.46. The Morgan fingerprint density at radius 3 is 3.00 bits per heavy atom. The van der Waals surface area contributed by atoms with Gasteiger partial charge in [0.15, 0.2) is 0 Å². The van der Waals surface area contributed by atoms with Gasteiger partial charge in [-0.15, -0.1) is 0 Å². The second kappa shape index (κ2) is 3.37. The van der Waals surface area contributed by atoms with E-state index in [0.717, 1.165) is 36.2 Å². The zero-order valence-corrected chi connectivity index (χ0v) is 9.25. The highest BCUT2D eigenvalue weighted by molar-refractivity contribution is 6.06. The predicted octanol–water partition coefficient (Wildman–Crippen LogP) is 2.99. The van der Waals surface area contributed by atoms with Gasteiger partial charge in [-0.2, -0.15) is 0 Å². The molecule has 3 nitrogen and oxygen atoms in total. The number of aromatic amines is 1. The van der Waals surface area contributed by atoms with E-state index in [4.69, 9.17) is 5.21 Å². The summed E-state index contributed by atoms with van der Waals surface area (Å²) in [7, 11) is 0. The van der Waals surface area contributed by atoms with E-state index in [2.05, 4.69) is 35.3 Å². The summed E-state index contributed by atoms with van der Waals surface area (Å²) in [6.07, 6.45) is 2.99. The predicted molar refractivity (Wildman–Crippen MR) is 64.3 cm³/mol. The zero-order valence-electron chi connectivity index (χ0n) is 9.25. The summed E-state index contributed by atoms with van der Waals surface area (Å²) in [6, 6.07) is 6.42. The summed E-state index contributed by atoms with van der Waals surface area (Å²) in [6.45, 7) is 2.08. The van der Waals surface area contributed by atoms with Gasteiger partial charge in [0.1, 0.15) is 5.71 Å². The molecule has 16 heavy (non-hydrogen) atoms. The molecular formula is C13H14N2O. The Morgan fingerprint density at radius 2 is 2.19 bits per heavy atom. The molecule has 1 heterocycles. The van der Waals surface area contributed by atoms with Crippen molar-refractivity contribution >= 4 is 16.6 Å². The van der Waals surface area contributed by atoms with Crippen LogP contribution in [-0.4, -0.2) is 15.9 Å². The van der Waals surface area contributed by atoms with Crippen LogP contribution < -0.4 is 0 Å². The van der Waals surface area contributed by atoms with Crippen molar-refractivity contribution in [2.24, 2.45) is 5.16 Å². The summed E-state index contributed by atoms with van der Waals surface area (Å²) in [5.41, 5.74) is 5.50. The second-order valence-electron chi connectivity index (χ2n) is 4.43. The van der Waals surface area contributed by atoms with Gasteiger partial charge in [-0.05, 0) is 43.4 Å². The third kappa shape index (κ3) is 1.24. The third-order valence-corrected chi connectivity index (χ3v) is 3.31. The van der Waals surface area contributed by atoms with Gasteiger partial charge in [0.2, 0.25) is 0 Å². The molecule has 0 spiro atoms. The Morgan fingerprint density at radius 1 is 1.31 bits per heavy atom. The number of H-pyrrole nitrogens is 1. The molecule has 2 aromatic rings. The maximum Gasteiger partial charge on any atom is 0.103 e. The fraction of sp³-hybridized carbons (Fsp3) is 0.308. The normalized spacial score (nSPS) is 17.9. The highest BCUT2D eigenvalue weighted by Crippen LogP contribution is 2.29. The fourth-order valence-electron chi connectivity index (χ4n) is 2.53. The average Bonchev–Trinajstić information content (AvgIpc) is 2.65. The minimum absolute atomic E-state index is 0.787. The Bertz CT molecular complexity index is 581. The largest absolute Gasteiger partial charge is 0.411 e. The highest BCUT2D eigenvalue weighted by atomic mass is 16.4. The van der Waals surface area contributed by atoms with Gasteiger partial charge >= 0.3 is 0 Å². The number of fused-ring (bicyclic) bond motifs is 3. The first-order valence-electron chi connectivity index (χ1n) is 5.62. The van der Waals surface area contributed by atoms with Crippen LogP contribution in [0.3, 0.4) is 0 Å². The minimum atomic E-state index is 0.787. The summed E-state index contributed by atoms with van der Waals surface area (Å²) in [5.74, 6) is 0. The SMILES string of the molecule is Cc1ccc2c3c([nH]c2c1)C(=NO)CCC3. The molecule has 0 bridgehead atoms. The molecular weight excluding hydrogens is 200 g/mol. The van der Waals surface area contributed by atoms with Gasteiger partial charge in [0, 0.05) is 10.9 Å². The third-order valence-electron chi connectivity index (χ3n) is 3.31. The maximum atomic E-state index is 8.99. The van der Waals surface area contributed by atoms with E-state index in [0.29, 0.717) is 0 Å².